The Morgan fingerprint density at radius 1 is 1.07 bits per heavy atom. The molecular formula is C21H20FN5. The minimum absolute atomic E-state index is 0.257. The first-order chi connectivity index (χ1) is 13.0. The molecule has 1 aromatic carbocycles. The molecule has 136 valence electrons. The number of anilines is 1. The first-order valence-electron chi connectivity index (χ1n) is 8.77. The topological polar surface area (TPSA) is 74.5 Å². The van der Waals surface area contributed by atoms with E-state index < -0.39 is 5.54 Å². The largest absolute Gasteiger partial charge is 0.345 e. The van der Waals surface area contributed by atoms with Crippen LogP contribution < -0.4 is 5.32 Å². The molecule has 3 aromatic rings. The second kappa shape index (κ2) is 7.92. The summed E-state index contributed by atoms with van der Waals surface area (Å²) in [6.45, 7) is 4.16. The van der Waals surface area contributed by atoms with Crippen molar-refractivity contribution in [3.05, 3.63) is 72.1 Å². The van der Waals surface area contributed by atoms with E-state index in [9.17, 15) is 4.39 Å². The van der Waals surface area contributed by atoms with Crippen LogP contribution in [0.5, 0.6) is 0 Å². The van der Waals surface area contributed by atoms with Crippen LogP contribution in [0.3, 0.4) is 0 Å². The molecule has 0 aliphatic rings. The highest BCUT2D eigenvalue weighted by Gasteiger charge is 2.26. The molecule has 1 unspecified atom stereocenters. The summed E-state index contributed by atoms with van der Waals surface area (Å²) in [7, 11) is 0. The number of halogens is 1. The average molecular weight is 361 g/mol. The predicted molar refractivity (Wildman–Crippen MR) is 102 cm³/mol. The van der Waals surface area contributed by atoms with Crippen LogP contribution in [0.25, 0.3) is 11.1 Å². The van der Waals surface area contributed by atoms with Gasteiger partial charge in [0, 0.05) is 24.2 Å². The highest BCUT2D eigenvalue weighted by molar-refractivity contribution is 5.62. The molecule has 3 rings (SSSR count). The number of hydrogen-bond donors (Lipinski definition) is 1. The van der Waals surface area contributed by atoms with Gasteiger partial charge in [-0.15, -0.1) is 0 Å². The van der Waals surface area contributed by atoms with Gasteiger partial charge >= 0.3 is 0 Å². The first kappa shape index (κ1) is 18.5. The first-order valence-corrected chi connectivity index (χ1v) is 8.77. The van der Waals surface area contributed by atoms with Crippen molar-refractivity contribution in [2.45, 2.75) is 32.2 Å². The molecule has 1 atom stereocenters. The van der Waals surface area contributed by atoms with Crippen molar-refractivity contribution in [3.8, 4) is 17.2 Å². The molecule has 0 saturated heterocycles. The molecule has 0 spiro atoms. The highest BCUT2D eigenvalue weighted by Crippen LogP contribution is 2.30. The lowest BCUT2D eigenvalue weighted by Gasteiger charge is -2.31. The Morgan fingerprint density at radius 2 is 1.78 bits per heavy atom. The quantitative estimate of drug-likeness (QED) is 0.690. The summed E-state index contributed by atoms with van der Waals surface area (Å²) in [6.07, 6.45) is 6.81. The number of nitriles is 1. The van der Waals surface area contributed by atoms with Gasteiger partial charge in [-0.05, 0) is 48.7 Å². The molecular weight excluding hydrogens is 341 g/mol. The zero-order chi connectivity index (χ0) is 19.3. The summed E-state index contributed by atoms with van der Waals surface area (Å²) in [4.78, 5) is 12.8. The van der Waals surface area contributed by atoms with Crippen LogP contribution in [-0.4, -0.2) is 15.0 Å². The Labute approximate surface area is 158 Å². The van der Waals surface area contributed by atoms with E-state index in [1.54, 1.807) is 36.8 Å². The van der Waals surface area contributed by atoms with E-state index in [-0.39, 0.29) is 5.82 Å². The summed E-state index contributed by atoms with van der Waals surface area (Å²) in [5, 5.41) is 12.4. The molecule has 1 N–H and O–H groups in total. The van der Waals surface area contributed by atoms with Crippen LogP contribution in [0.2, 0.25) is 0 Å². The number of pyridine rings is 1. The molecule has 0 aliphatic carbocycles. The van der Waals surface area contributed by atoms with Gasteiger partial charge in [0.15, 0.2) is 0 Å². The van der Waals surface area contributed by atoms with E-state index in [4.69, 9.17) is 5.26 Å². The van der Waals surface area contributed by atoms with Crippen LogP contribution in [0.1, 0.15) is 37.9 Å². The van der Waals surface area contributed by atoms with Gasteiger partial charge in [0.25, 0.3) is 0 Å². The predicted octanol–water partition coefficient (Wildman–Crippen LogP) is 4.68. The van der Waals surface area contributed by atoms with Gasteiger partial charge in [-0.2, -0.15) is 5.26 Å². The molecule has 6 heteroatoms. The zero-order valence-corrected chi connectivity index (χ0v) is 15.3. The normalized spacial score (nSPS) is 12.8. The summed E-state index contributed by atoms with van der Waals surface area (Å²) >= 11 is 0. The zero-order valence-electron chi connectivity index (χ0n) is 15.3. The molecule has 5 nitrogen and oxygen atoms in total. The maximum Gasteiger partial charge on any atom is 0.223 e. The number of nitrogens with zero attached hydrogens (tertiary/aromatic N) is 4. The monoisotopic (exact) mass is 361 g/mol. The SMILES string of the molecule is CCCC(C)(Nc1ncc(-c2ccnc(C#N)c2)cn1)c1ccc(F)cc1. The van der Waals surface area contributed by atoms with Crippen molar-refractivity contribution in [1.29, 1.82) is 5.26 Å². The van der Waals surface area contributed by atoms with E-state index in [2.05, 4.69) is 34.1 Å². The van der Waals surface area contributed by atoms with Gasteiger partial charge in [-0.3, -0.25) is 0 Å². The second-order valence-electron chi connectivity index (χ2n) is 6.55. The number of benzene rings is 1. The van der Waals surface area contributed by atoms with Gasteiger partial charge in [-0.1, -0.05) is 25.5 Å². The van der Waals surface area contributed by atoms with Crippen LogP contribution in [0.15, 0.2) is 55.0 Å². The summed E-state index contributed by atoms with van der Waals surface area (Å²) in [5.41, 5.74) is 2.56. The summed E-state index contributed by atoms with van der Waals surface area (Å²) in [5.74, 6) is 0.237. The Morgan fingerprint density at radius 3 is 2.41 bits per heavy atom. The fourth-order valence-corrected chi connectivity index (χ4v) is 3.06. The number of rotatable bonds is 6. The lowest BCUT2D eigenvalue weighted by Crippen LogP contribution is -2.32. The third-order valence-corrected chi connectivity index (χ3v) is 4.48. The lowest BCUT2D eigenvalue weighted by molar-refractivity contribution is 0.483. The van der Waals surface area contributed by atoms with Crippen molar-refractivity contribution in [2.24, 2.45) is 0 Å². The van der Waals surface area contributed by atoms with Crippen molar-refractivity contribution in [2.75, 3.05) is 5.32 Å². The molecule has 0 bridgehead atoms. The molecule has 27 heavy (non-hydrogen) atoms. The summed E-state index contributed by atoms with van der Waals surface area (Å²) in [6, 6.07) is 12.0. The third kappa shape index (κ3) is 4.26. The molecule has 0 amide bonds. The van der Waals surface area contributed by atoms with Crippen LogP contribution >= 0.6 is 0 Å². The van der Waals surface area contributed by atoms with Gasteiger partial charge in [0.2, 0.25) is 5.95 Å². The summed E-state index contributed by atoms with van der Waals surface area (Å²) < 4.78 is 13.3. The maximum absolute atomic E-state index is 13.3. The molecule has 0 saturated carbocycles. The fraction of sp³-hybridized carbons (Fsp3) is 0.238. The van der Waals surface area contributed by atoms with Gasteiger partial charge in [0.05, 0.1) is 5.54 Å². The molecule has 0 aliphatic heterocycles. The molecule has 0 radical (unpaired) electrons. The van der Waals surface area contributed by atoms with E-state index in [1.807, 2.05) is 12.1 Å². The standard InChI is InChI=1S/C21H20FN5/c1-3-9-21(2,17-4-6-18(22)7-5-17)27-20-25-13-16(14-26-20)15-8-10-24-19(11-15)12-23/h4-8,10-11,13-14H,3,9H2,1-2H3,(H,25,26,27). The minimum Gasteiger partial charge on any atom is -0.345 e. The van der Waals surface area contributed by atoms with Crippen LogP contribution in [0, 0.1) is 17.1 Å². The molecule has 2 aromatic heterocycles. The van der Waals surface area contributed by atoms with Crippen LogP contribution in [-0.2, 0) is 5.54 Å². The second-order valence-corrected chi connectivity index (χ2v) is 6.55. The Bertz CT molecular complexity index is 948. The van der Waals surface area contributed by atoms with E-state index in [0.717, 1.165) is 29.5 Å². The lowest BCUT2D eigenvalue weighted by atomic mass is 9.87. The van der Waals surface area contributed by atoms with Gasteiger partial charge < -0.3 is 5.32 Å². The molecule has 0 fully saturated rings. The van der Waals surface area contributed by atoms with E-state index >= 15 is 0 Å². The Hall–Kier alpha value is -3.33. The maximum atomic E-state index is 13.3. The van der Waals surface area contributed by atoms with Crippen molar-refractivity contribution in [1.82, 2.24) is 15.0 Å². The number of nitrogens with one attached hydrogen (secondary N) is 1. The Kier molecular flexibility index (Phi) is 5.41. The Balaban J connectivity index is 1.85. The number of aromatic nitrogens is 3. The van der Waals surface area contributed by atoms with Crippen molar-refractivity contribution >= 4 is 5.95 Å². The van der Waals surface area contributed by atoms with Crippen molar-refractivity contribution < 1.29 is 4.39 Å². The van der Waals surface area contributed by atoms with Gasteiger partial charge in [0.1, 0.15) is 17.6 Å². The fourth-order valence-electron chi connectivity index (χ4n) is 3.06. The highest BCUT2D eigenvalue weighted by atomic mass is 19.1. The average Bonchev–Trinajstić information content (AvgIpc) is 2.69. The van der Waals surface area contributed by atoms with E-state index in [1.165, 1.54) is 12.1 Å². The van der Waals surface area contributed by atoms with Crippen molar-refractivity contribution in [3.63, 3.8) is 0 Å². The third-order valence-electron chi connectivity index (χ3n) is 4.48. The smallest absolute Gasteiger partial charge is 0.223 e. The number of hydrogen-bond acceptors (Lipinski definition) is 5. The minimum atomic E-state index is -0.408. The molecule has 2 heterocycles. The van der Waals surface area contributed by atoms with E-state index in [0.29, 0.717) is 11.6 Å². The van der Waals surface area contributed by atoms with Gasteiger partial charge in [-0.25, -0.2) is 19.3 Å². The van der Waals surface area contributed by atoms with Crippen LogP contribution in [0.4, 0.5) is 10.3 Å².